The number of amides is 1. The number of nitrogens with one attached hydrogen (secondary N) is 1. The first-order valence-corrected chi connectivity index (χ1v) is 8.81. The average Bonchev–Trinajstić information content (AvgIpc) is 3.41. The number of ether oxygens (including phenoxy) is 1. The third kappa shape index (κ3) is 4.61. The van der Waals surface area contributed by atoms with Gasteiger partial charge in [0.15, 0.2) is 6.61 Å². The Labute approximate surface area is 168 Å². The van der Waals surface area contributed by atoms with E-state index < -0.39 is 0 Å². The largest absolute Gasteiger partial charge is 0.485 e. The maximum atomic E-state index is 12.4. The van der Waals surface area contributed by atoms with Crippen molar-refractivity contribution in [2.24, 2.45) is 0 Å². The van der Waals surface area contributed by atoms with Crippen LogP contribution in [-0.4, -0.2) is 16.0 Å². The van der Waals surface area contributed by atoms with Crippen LogP contribution in [0.4, 0.5) is 11.4 Å². The van der Waals surface area contributed by atoms with E-state index in [1.165, 1.54) is 0 Å². The minimum absolute atomic E-state index is 0. The highest BCUT2D eigenvalue weighted by atomic mass is 35.5. The molecule has 0 spiro atoms. The minimum Gasteiger partial charge on any atom is -0.485 e. The topological polar surface area (TPSA) is 103 Å². The quantitative estimate of drug-likeness (QED) is 0.604. The normalized spacial score (nSPS) is 12.9. The molecule has 7 nitrogen and oxygen atoms in total. The van der Waals surface area contributed by atoms with Gasteiger partial charge in [-0.25, -0.2) is 0 Å². The van der Waals surface area contributed by atoms with Gasteiger partial charge >= 0.3 is 0 Å². The Hall–Kier alpha value is -3.06. The molecule has 1 aromatic heterocycles. The van der Waals surface area contributed by atoms with Crippen molar-refractivity contribution in [2.75, 3.05) is 11.1 Å². The third-order valence-electron chi connectivity index (χ3n) is 4.40. The Morgan fingerprint density at radius 3 is 2.71 bits per heavy atom. The second-order valence-electron chi connectivity index (χ2n) is 6.66. The maximum absolute atomic E-state index is 12.4. The molecule has 1 heterocycles. The Morgan fingerprint density at radius 2 is 2.00 bits per heavy atom. The summed E-state index contributed by atoms with van der Waals surface area (Å²) in [4.78, 5) is 16.7. The van der Waals surface area contributed by atoms with Crippen LogP contribution < -0.4 is 15.8 Å². The molecule has 1 aliphatic carbocycles. The number of halogens is 1. The molecule has 28 heavy (non-hydrogen) atoms. The molecule has 0 bridgehead atoms. The second kappa shape index (κ2) is 8.31. The maximum Gasteiger partial charge on any atom is 0.256 e. The molecule has 0 atom stereocenters. The molecule has 0 radical (unpaired) electrons. The van der Waals surface area contributed by atoms with Gasteiger partial charge in [0.05, 0.1) is 0 Å². The van der Waals surface area contributed by atoms with E-state index in [1.54, 1.807) is 36.4 Å². The van der Waals surface area contributed by atoms with Crippen LogP contribution >= 0.6 is 12.4 Å². The van der Waals surface area contributed by atoms with Crippen LogP contribution in [-0.2, 0) is 6.61 Å². The van der Waals surface area contributed by atoms with E-state index in [1.807, 2.05) is 13.0 Å². The van der Waals surface area contributed by atoms with Crippen molar-refractivity contribution in [2.45, 2.75) is 32.3 Å². The van der Waals surface area contributed by atoms with Gasteiger partial charge in [0, 0.05) is 22.9 Å². The summed E-state index contributed by atoms with van der Waals surface area (Å²) < 4.78 is 10.9. The summed E-state index contributed by atoms with van der Waals surface area (Å²) in [7, 11) is 0. The Kier molecular flexibility index (Phi) is 5.84. The standard InChI is InChI=1S/C20H20N4O3.ClH/c1-12-2-5-14(21)10-17(12)19(25)22-15-6-8-16(9-7-15)26-11-18-23-20(27-24-18)13-3-4-13;/h2,5-10,13H,3-4,11,21H2,1H3,(H,22,25);1H. The van der Waals surface area contributed by atoms with Crippen LogP contribution in [0.2, 0.25) is 0 Å². The number of nitrogens with two attached hydrogens (primary N) is 1. The van der Waals surface area contributed by atoms with Gasteiger partial charge in [-0.05, 0) is 61.7 Å². The van der Waals surface area contributed by atoms with Crippen LogP contribution in [0.15, 0.2) is 47.0 Å². The first-order chi connectivity index (χ1) is 13.1. The monoisotopic (exact) mass is 400 g/mol. The van der Waals surface area contributed by atoms with Gasteiger partial charge in [-0.1, -0.05) is 11.2 Å². The zero-order valence-corrected chi connectivity index (χ0v) is 16.2. The zero-order chi connectivity index (χ0) is 18.8. The van der Waals surface area contributed by atoms with E-state index in [-0.39, 0.29) is 24.9 Å². The van der Waals surface area contributed by atoms with E-state index in [4.69, 9.17) is 15.0 Å². The first kappa shape index (κ1) is 19.7. The molecule has 3 aromatic rings. The highest BCUT2D eigenvalue weighted by molar-refractivity contribution is 6.05. The molecule has 1 aliphatic rings. The Balaban J connectivity index is 0.00000225. The van der Waals surface area contributed by atoms with Gasteiger partial charge in [0.25, 0.3) is 5.91 Å². The lowest BCUT2D eigenvalue weighted by atomic mass is 10.1. The van der Waals surface area contributed by atoms with Gasteiger partial charge in [0.1, 0.15) is 5.75 Å². The molecule has 1 fully saturated rings. The zero-order valence-electron chi connectivity index (χ0n) is 15.3. The Bertz CT molecular complexity index is 968. The highest BCUT2D eigenvalue weighted by Crippen LogP contribution is 2.38. The van der Waals surface area contributed by atoms with Crippen molar-refractivity contribution in [1.82, 2.24) is 10.1 Å². The van der Waals surface area contributed by atoms with Crippen molar-refractivity contribution < 1.29 is 14.1 Å². The predicted molar refractivity (Wildman–Crippen MR) is 108 cm³/mol. The smallest absolute Gasteiger partial charge is 0.256 e. The van der Waals surface area contributed by atoms with Crippen LogP contribution in [0.3, 0.4) is 0 Å². The number of nitrogens with zero attached hydrogens (tertiary/aromatic N) is 2. The van der Waals surface area contributed by atoms with E-state index in [0.29, 0.717) is 40.3 Å². The van der Waals surface area contributed by atoms with E-state index >= 15 is 0 Å². The van der Waals surface area contributed by atoms with E-state index in [0.717, 1.165) is 18.4 Å². The summed E-state index contributed by atoms with van der Waals surface area (Å²) in [6.45, 7) is 2.11. The van der Waals surface area contributed by atoms with Crippen LogP contribution in [0.25, 0.3) is 0 Å². The summed E-state index contributed by atoms with van der Waals surface area (Å²) in [5.41, 5.74) is 8.42. The first-order valence-electron chi connectivity index (χ1n) is 8.81. The Morgan fingerprint density at radius 1 is 1.25 bits per heavy atom. The predicted octanol–water partition coefficient (Wildman–Crippen LogP) is 4.09. The average molecular weight is 401 g/mol. The van der Waals surface area contributed by atoms with Crippen molar-refractivity contribution >= 4 is 29.7 Å². The molecule has 2 aromatic carbocycles. The van der Waals surface area contributed by atoms with Crippen molar-refractivity contribution in [3.8, 4) is 5.75 Å². The van der Waals surface area contributed by atoms with Gasteiger partial charge < -0.3 is 20.3 Å². The summed E-state index contributed by atoms with van der Waals surface area (Å²) in [5, 5.41) is 6.78. The summed E-state index contributed by atoms with van der Waals surface area (Å²) in [5.74, 6) is 2.12. The molecule has 1 amide bonds. The number of aromatic nitrogens is 2. The van der Waals surface area contributed by atoms with E-state index in [2.05, 4.69) is 15.5 Å². The van der Waals surface area contributed by atoms with Gasteiger partial charge in [-0.3, -0.25) is 4.79 Å². The van der Waals surface area contributed by atoms with Crippen molar-refractivity contribution in [3.63, 3.8) is 0 Å². The summed E-state index contributed by atoms with van der Waals surface area (Å²) in [6.07, 6.45) is 2.23. The lowest BCUT2D eigenvalue weighted by molar-refractivity contribution is 0.102. The fraction of sp³-hybridized carbons (Fsp3) is 0.250. The summed E-state index contributed by atoms with van der Waals surface area (Å²) in [6, 6.07) is 12.4. The number of anilines is 2. The van der Waals surface area contributed by atoms with Crippen molar-refractivity contribution in [3.05, 3.63) is 65.3 Å². The molecule has 146 valence electrons. The molecule has 1 saturated carbocycles. The molecule has 0 aliphatic heterocycles. The molecular formula is C20H21ClN4O3. The number of carbonyl (C=O) groups excluding carboxylic acids is 1. The number of aryl methyl sites for hydroxylation is 1. The highest BCUT2D eigenvalue weighted by Gasteiger charge is 2.29. The molecular weight excluding hydrogens is 380 g/mol. The van der Waals surface area contributed by atoms with Crippen LogP contribution in [0.1, 0.15) is 46.4 Å². The number of hydrogen-bond donors (Lipinski definition) is 2. The third-order valence-corrected chi connectivity index (χ3v) is 4.40. The van der Waals surface area contributed by atoms with Crippen LogP contribution in [0.5, 0.6) is 5.75 Å². The lowest BCUT2D eigenvalue weighted by Gasteiger charge is -2.09. The molecule has 0 unspecified atom stereocenters. The van der Waals surface area contributed by atoms with Gasteiger partial charge in [0.2, 0.25) is 11.7 Å². The molecule has 4 rings (SSSR count). The fourth-order valence-corrected chi connectivity index (χ4v) is 2.69. The number of carbonyl (C=O) groups is 1. The second-order valence-corrected chi connectivity index (χ2v) is 6.66. The van der Waals surface area contributed by atoms with Crippen molar-refractivity contribution in [1.29, 1.82) is 0 Å². The molecule has 0 saturated heterocycles. The SMILES string of the molecule is Cc1ccc(N)cc1C(=O)Nc1ccc(OCc2noc(C3CC3)n2)cc1.Cl. The lowest BCUT2D eigenvalue weighted by Crippen LogP contribution is -2.13. The number of nitrogen functional groups attached to an aromatic ring is 1. The number of benzene rings is 2. The number of rotatable bonds is 6. The van der Waals surface area contributed by atoms with Gasteiger partial charge in [-0.15, -0.1) is 12.4 Å². The summed E-state index contributed by atoms with van der Waals surface area (Å²) >= 11 is 0. The fourth-order valence-electron chi connectivity index (χ4n) is 2.69. The van der Waals surface area contributed by atoms with Gasteiger partial charge in [-0.2, -0.15) is 4.98 Å². The molecule has 8 heteroatoms. The number of hydrogen-bond acceptors (Lipinski definition) is 6. The minimum atomic E-state index is -0.201. The van der Waals surface area contributed by atoms with Crippen LogP contribution in [0, 0.1) is 6.92 Å². The van der Waals surface area contributed by atoms with E-state index in [9.17, 15) is 4.79 Å². The molecule has 3 N–H and O–H groups in total.